The van der Waals surface area contributed by atoms with Crippen LogP contribution in [0.3, 0.4) is 0 Å². The molecule has 0 aliphatic heterocycles. The van der Waals surface area contributed by atoms with E-state index in [1.165, 1.54) is 6.21 Å². The molecule has 0 bridgehead atoms. The third kappa shape index (κ3) is 19.4. The monoisotopic (exact) mass is 127 g/mol. The fourth-order valence-corrected chi connectivity index (χ4v) is 0.158. The van der Waals surface area contributed by atoms with Crippen LogP contribution in [0.4, 0.5) is 0 Å². The molecule has 0 saturated carbocycles. The molecule has 52 valence electrons. The van der Waals surface area contributed by atoms with Crippen molar-refractivity contribution in [3.8, 4) is 0 Å². The summed E-state index contributed by atoms with van der Waals surface area (Å²) in [6.07, 6.45) is 4.97. The molecule has 0 rings (SSSR count). The standard InChI is InChI=1S/C4H7N3.C2H6/c1-2-3-4-6-7-5;1-2/h2-5H,1H3;1-2H3/b3-2-,6-4-,7-5?;. The maximum absolute atomic E-state index is 6.17. The summed E-state index contributed by atoms with van der Waals surface area (Å²) in [7, 11) is 0. The second-order valence-electron chi connectivity index (χ2n) is 0.890. The van der Waals surface area contributed by atoms with Crippen LogP contribution in [-0.4, -0.2) is 6.21 Å². The van der Waals surface area contributed by atoms with Crippen molar-refractivity contribution < 1.29 is 0 Å². The lowest BCUT2D eigenvalue weighted by Crippen LogP contribution is -1.55. The van der Waals surface area contributed by atoms with Gasteiger partial charge in [0.2, 0.25) is 0 Å². The molecule has 0 aromatic heterocycles. The van der Waals surface area contributed by atoms with Crippen LogP contribution in [0.25, 0.3) is 0 Å². The van der Waals surface area contributed by atoms with Crippen molar-refractivity contribution in [1.29, 1.82) is 5.53 Å². The molecule has 0 saturated heterocycles. The van der Waals surface area contributed by atoms with E-state index in [2.05, 4.69) is 10.3 Å². The first-order chi connectivity index (χ1) is 4.41. The molecule has 0 radical (unpaired) electrons. The maximum Gasteiger partial charge on any atom is 0.0510 e. The second-order valence-corrected chi connectivity index (χ2v) is 0.890. The average molecular weight is 127 g/mol. The Bertz CT molecular complexity index is 94.5. The molecule has 0 fully saturated rings. The first-order valence-electron chi connectivity index (χ1n) is 2.93. The van der Waals surface area contributed by atoms with Crippen molar-refractivity contribution in [3.05, 3.63) is 12.2 Å². The SMILES string of the molecule is C/C=C\C=N/N=N.CC. The van der Waals surface area contributed by atoms with Gasteiger partial charge in [-0.1, -0.05) is 25.1 Å². The van der Waals surface area contributed by atoms with E-state index in [0.717, 1.165) is 0 Å². The molecule has 0 aromatic rings. The normalized spacial score (nSPS) is 9.22. The molecule has 9 heavy (non-hydrogen) atoms. The summed E-state index contributed by atoms with van der Waals surface area (Å²) in [5, 5.41) is 5.98. The fourth-order valence-electron chi connectivity index (χ4n) is 0.158. The van der Waals surface area contributed by atoms with Gasteiger partial charge in [-0.3, -0.25) is 0 Å². The van der Waals surface area contributed by atoms with Crippen LogP contribution in [0.15, 0.2) is 22.5 Å². The van der Waals surface area contributed by atoms with E-state index >= 15 is 0 Å². The first-order valence-corrected chi connectivity index (χ1v) is 2.93. The lowest BCUT2D eigenvalue weighted by molar-refractivity contribution is 0.997. The molecule has 0 amide bonds. The second kappa shape index (κ2) is 15.7. The van der Waals surface area contributed by atoms with Crippen molar-refractivity contribution in [2.75, 3.05) is 0 Å². The van der Waals surface area contributed by atoms with Crippen LogP contribution < -0.4 is 0 Å². The van der Waals surface area contributed by atoms with Gasteiger partial charge in [-0.2, -0.15) is 5.53 Å². The highest BCUT2D eigenvalue weighted by Crippen LogP contribution is 1.66. The molecule has 1 N–H and O–H groups in total. The predicted molar refractivity (Wildman–Crippen MR) is 39.8 cm³/mol. The van der Waals surface area contributed by atoms with Gasteiger partial charge in [0.15, 0.2) is 0 Å². The Balaban J connectivity index is 0. The van der Waals surface area contributed by atoms with Gasteiger partial charge in [-0.25, -0.2) is 0 Å². The van der Waals surface area contributed by atoms with E-state index in [-0.39, 0.29) is 0 Å². The van der Waals surface area contributed by atoms with Crippen LogP contribution >= 0.6 is 0 Å². The topological polar surface area (TPSA) is 48.6 Å². The van der Waals surface area contributed by atoms with Gasteiger partial charge in [0.1, 0.15) is 0 Å². The lowest BCUT2D eigenvalue weighted by Gasteiger charge is -1.63. The molecule has 3 heteroatoms. The Hall–Kier alpha value is -0.990. The molecule has 0 aliphatic rings. The molecule has 0 heterocycles. The number of allylic oxidation sites excluding steroid dienone is 2. The van der Waals surface area contributed by atoms with Gasteiger partial charge >= 0.3 is 0 Å². The fraction of sp³-hybridized carbons (Fsp3) is 0.500. The van der Waals surface area contributed by atoms with Gasteiger partial charge < -0.3 is 0 Å². The zero-order chi connectivity index (χ0) is 7.54. The van der Waals surface area contributed by atoms with Crippen LogP contribution in [-0.2, 0) is 0 Å². The number of nitrogens with zero attached hydrogens (tertiary/aromatic N) is 2. The summed E-state index contributed by atoms with van der Waals surface area (Å²) in [6.45, 7) is 5.87. The number of hydrogen-bond acceptors (Lipinski definition) is 2. The molecule has 0 atom stereocenters. The number of nitrogens with one attached hydrogen (secondary N) is 1. The van der Waals surface area contributed by atoms with Gasteiger partial charge in [-0.05, 0) is 13.0 Å². The summed E-state index contributed by atoms with van der Waals surface area (Å²) in [4.78, 5) is 0. The van der Waals surface area contributed by atoms with E-state index in [1.807, 2.05) is 26.8 Å². The van der Waals surface area contributed by atoms with Gasteiger partial charge in [0.05, 0.1) is 6.21 Å². The highest BCUT2D eigenvalue weighted by atomic mass is 15.3. The highest BCUT2D eigenvalue weighted by Gasteiger charge is 1.54. The summed E-state index contributed by atoms with van der Waals surface area (Å²) >= 11 is 0. The lowest BCUT2D eigenvalue weighted by atomic mass is 10.6. The molecule has 0 aliphatic carbocycles. The number of rotatable bonds is 2. The van der Waals surface area contributed by atoms with E-state index in [0.29, 0.717) is 0 Å². The summed E-state index contributed by atoms with van der Waals surface area (Å²) in [5.74, 6) is 0. The predicted octanol–water partition coefficient (Wildman–Crippen LogP) is 2.61. The Labute approximate surface area is 56.0 Å². The molecular weight excluding hydrogens is 114 g/mol. The third-order valence-electron chi connectivity index (χ3n) is 0.403. The quantitative estimate of drug-likeness (QED) is 0.337. The Morgan fingerprint density at radius 3 is 2.22 bits per heavy atom. The van der Waals surface area contributed by atoms with Gasteiger partial charge in [0.25, 0.3) is 0 Å². The van der Waals surface area contributed by atoms with E-state index < -0.39 is 0 Å². The van der Waals surface area contributed by atoms with Crippen molar-refractivity contribution in [1.82, 2.24) is 0 Å². The van der Waals surface area contributed by atoms with E-state index in [4.69, 9.17) is 5.53 Å². The molecule has 3 nitrogen and oxygen atoms in total. The molecule has 0 aromatic carbocycles. The van der Waals surface area contributed by atoms with Crippen molar-refractivity contribution in [3.63, 3.8) is 0 Å². The van der Waals surface area contributed by atoms with Crippen LogP contribution in [0.5, 0.6) is 0 Å². The summed E-state index contributed by atoms with van der Waals surface area (Å²) in [6, 6.07) is 0. The van der Waals surface area contributed by atoms with E-state index in [1.54, 1.807) is 6.08 Å². The number of hydrogen-bond donors (Lipinski definition) is 1. The minimum Gasteiger partial charge on any atom is -0.185 e. The smallest absolute Gasteiger partial charge is 0.0510 e. The highest BCUT2D eigenvalue weighted by molar-refractivity contribution is 5.70. The first kappa shape index (κ1) is 10.9. The third-order valence-corrected chi connectivity index (χ3v) is 0.403. The van der Waals surface area contributed by atoms with E-state index in [9.17, 15) is 0 Å². The summed E-state index contributed by atoms with van der Waals surface area (Å²) in [5.41, 5.74) is 6.17. The van der Waals surface area contributed by atoms with Gasteiger partial charge in [-0.15, -0.1) is 5.10 Å². The van der Waals surface area contributed by atoms with Crippen molar-refractivity contribution in [2.45, 2.75) is 20.8 Å². The minimum atomic E-state index is 1.45. The van der Waals surface area contributed by atoms with Gasteiger partial charge in [0, 0.05) is 0 Å². The largest absolute Gasteiger partial charge is 0.185 e. The Morgan fingerprint density at radius 2 is 1.89 bits per heavy atom. The Kier molecular flexibility index (Phi) is 19.1. The summed E-state index contributed by atoms with van der Waals surface area (Å²) < 4.78 is 0. The molecular formula is C6H13N3. The van der Waals surface area contributed by atoms with Crippen molar-refractivity contribution >= 4 is 6.21 Å². The zero-order valence-electron chi connectivity index (χ0n) is 6.13. The van der Waals surface area contributed by atoms with Crippen LogP contribution in [0.2, 0.25) is 0 Å². The van der Waals surface area contributed by atoms with Crippen molar-refractivity contribution in [2.24, 2.45) is 10.3 Å². The maximum atomic E-state index is 6.17. The Morgan fingerprint density at radius 1 is 1.33 bits per heavy atom. The molecule has 0 spiro atoms. The average Bonchev–Trinajstić information content (AvgIpc) is 1.94. The zero-order valence-corrected chi connectivity index (χ0v) is 6.13. The van der Waals surface area contributed by atoms with Crippen LogP contribution in [0.1, 0.15) is 20.8 Å². The molecule has 0 unspecified atom stereocenters. The minimum absolute atomic E-state index is 1.45. The van der Waals surface area contributed by atoms with Crippen LogP contribution in [0, 0.1) is 5.53 Å².